The minimum absolute atomic E-state index is 0.296. The van der Waals surface area contributed by atoms with E-state index in [0.717, 1.165) is 12.2 Å². The standard InChI is InChI=1S/C22H21NOS/c1-24-18-13-11-17(12-14-18)22-15-20(16-7-3-2-4-8-16)23-19-9-5-6-10-21(19)25-22/h2-14,20,22-23H,15H2,1H3/t20-,22-/m0/s1. The lowest BCUT2D eigenvalue weighted by Gasteiger charge is -2.21. The molecule has 2 nitrogen and oxygen atoms in total. The molecule has 0 aromatic heterocycles. The summed E-state index contributed by atoms with van der Waals surface area (Å²) in [5.74, 6) is 0.903. The van der Waals surface area contributed by atoms with Gasteiger partial charge in [0, 0.05) is 15.8 Å². The van der Waals surface area contributed by atoms with Crippen LogP contribution in [0.5, 0.6) is 5.75 Å². The minimum Gasteiger partial charge on any atom is -0.497 e. The summed E-state index contributed by atoms with van der Waals surface area (Å²) in [6, 6.07) is 28.1. The second kappa shape index (κ2) is 7.24. The highest BCUT2D eigenvalue weighted by molar-refractivity contribution is 7.99. The third kappa shape index (κ3) is 3.52. The van der Waals surface area contributed by atoms with Crippen molar-refractivity contribution in [3.05, 3.63) is 90.0 Å². The van der Waals surface area contributed by atoms with Crippen molar-refractivity contribution in [2.24, 2.45) is 0 Å². The molecule has 3 aromatic carbocycles. The molecule has 0 spiro atoms. The fourth-order valence-electron chi connectivity index (χ4n) is 3.28. The van der Waals surface area contributed by atoms with Gasteiger partial charge in [0.25, 0.3) is 0 Å². The van der Waals surface area contributed by atoms with Crippen LogP contribution in [-0.4, -0.2) is 7.11 Å². The zero-order chi connectivity index (χ0) is 17.1. The quantitative estimate of drug-likeness (QED) is 0.620. The van der Waals surface area contributed by atoms with Crippen molar-refractivity contribution in [1.82, 2.24) is 0 Å². The van der Waals surface area contributed by atoms with Crippen LogP contribution in [0.15, 0.2) is 83.8 Å². The number of methoxy groups -OCH3 is 1. The van der Waals surface area contributed by atoms with Crippen molar-refractivity contribution < 1.29 is 4.74 Å². The fraction of sp³-hybridized carbons (Fsp3) is 0.182. The monoisotopic (exact) mass is 347 g/mol. The molecule has 0 fully saturated rings. The van der Waals surface area contributed by atoms with Crippen LogP contribution in [0.2, 0.25) is 0 Å². The Labute approximate surface area is 153 Å². The van der Waals surface area contributed by atoms with E-state index in [9.17, 15) is 0 Å². The number of hydrogen-bond donors (Lipinski definition) is 1. The summed E-state index contributed by atoms with van der Waals surface area (Å²) < 4.78 is 5.31. The first-order valence-electron chi connectivity index (χ1n) is 8.54. The predicted octanol–water partition coefficient (Wildman–Crippen LogP) is 6.09. The second-order valence-electron chi connectivity index (χ2n) is 6.22. The molecule has 4 rings (SSSR count). The van der Waals surface area contributed by atoms with E-state index in [-0.39, 0.29) is 0 Å². The number of anilines is 1. The number of thioether (sulfide) groups is 1. The molecule has 3 aromatic rings. The maximum absolute atomic E-state index is 5.31. The normalized spacial score (nSPS) is 19.4. The summed E-state index contributed by atoms with van der Waals surface area (Å²) >= 11 is 1.94. The van der Waals surface area contributed by atoms with Gasteiger partial charge in [-0.3, -0.25) is 0 Å². The molecule has 2 atom stereocenters. The molecule has 0 aliphatic carbocycles. The molecule has 0 saturated heterocycles. The molecule has 1 N–H and O–H groups in total. The van der Waals surface area contributed by atoms with Gasteiger partial charge in [-0.2, -0.15) is 0 Å². The highest BCUT2D eigenvalue weighted by Crippen LogP contribution is 2.48. The van der Waals surface area contributed by atoms with Gasteiger partial charge in [-0.15, -0.1) is 11.8 Å². The van der Waals surface area contributed by atoms with Crippen molar-refractivity contribution in [2.75, 3.05) is 12.4 Å². The Morgan fingerprint density at radius 2 is 1.56 bits per heavy atom. The Morgan fingerprint density at radius 3 is 2.32 bits per heavy atom. The Hall–Kier alpha value is -2.39. The highest BCUT2D eigenvalue weighted by atomic mass is 32.2. The third-order valence-electron chi connectivity index (χ3n) is 4.63. The maximum Gasteiger partial charge on any atom is 0.118 e. The van der Waals surface area contributed by atoms with Gasteiger partial charge < -0.3 is 10.1 Å². The van der Waals surface area contributed by atoms with Gasteiger partial charge in [-0.25, -0.2) is 0 Å². The van der Waals surface area contributed by atoms with Gasteiger partial charge in [-0.1, -0.05) is 54.6 Å². The van der Waals surface area contributed by atoms with E-state index in [2.05, 4.69) is 84.2 Å². The van der Waals surface area contributed by atoms with Crippen LogP contribution in [0.4, 0.5) is 5.69 Å². The number of para-hydroxylation sites is 1. The molecular formula is C22H21NOS. The molecule has 25 heavy (non-hydrogen) atoms. The molecule has 0 saturated carbocycles. The van der Waals surface area contributed by atoms with E-state index in [0.29, 0.717) is 11.3 Å². The summed E-state index contributed by atoms with van der Waals surface area (Å²) in [6.07, 6.45) is 1.04. The Kier molecular flexibility index (Phi) is 4.66. The molecule has 0 amide bonds. The fourth-order valence-corrected chi connectivity index (χ4v) is 4.58. The summed E-state index contributed by atoms with van der Waals surface area (Å²) in [6.45, 7) is 0. The van der Waals surface area contributed by atoms with Gasteiger partial charge >= 0.3 is 0 Å². The SMILES string of the molecule is COc1ccc([C@@H]2C[C@@H](c3ccccc3)Nc3ccccc3S2)cc1. The Morgan fingerprint density at radius 1 is 0.840 bits per heavy atom. The van der Waals surface area contributed by atoms with Crippen LogP contribution in [0, 0.1) is 0 Å². The van der Waals surface area contributed by atoms with Crippen LogP contribution >= 0.6 is 11.8 Å². The van der Waals surface area contributed by atoms with Crippen LogP contribution in [0.1, 0.15) is 28.8 Å². The van der Waals surface area contributed by atoms with Gasteiger partial charge in [0.05, 0.1) is 13.2 Å². The number of rotatable bonds is 3. The zero-order valence-corrected chi connectivity index (χ0v) is 15.0. The van der Waals surface area contributed by atoms with Gasteiger partial charge in [0.2, 0.25) is 0 Å². The molecule has 0 unspecified atom stereocenters. The summed E-state index contributed by atoms with van der Waals surface area (Å²) in [5.41, 5.74) is 3.89. The van der Waals surface area contributed by atoms with Crippen LogP contribution < -0.4 is 10.1 Å². The van der Waals surface area contributed by atoms with Gasteiger partial charge in [-0.05, 0) is 41.8 Å². The molecule has 126 valence electrons. The van der Waals surface area contributed by atoms with E-state index < -0.39 is 0 Å². The second-order valence-corrected chi connectivity index (χ2v) is 7.46. The van der Waals surface area contributed by atoms with E-state index >= 15 is 0 Å². The first kappa shape index (κ1) is 16.1. The minimum atomic E-state index is 0.296. The lowest BCUT2D eigenvalue weighted by atomic mass is 9.98. The lowest BCUT2D eigenvalue weighted by molar-refractivity contribution is 0.414. The summed E-state index contributed by atoms with van der Waals surface area (Å²) in [5, 5.41) is 4.15. The number of hydrogen-bond acceptors (Lipinski definition) is 3. The largest absolute Gasteiger partial charge is 0.497 e. The average Bonchev–Trinajstić information content (AvgIpc) is 2.88. The van der Waals surface area contributed by atoms with Crippen molar-refractivity contribution in [1.29, 1.82) is 0 Å². The molecule has 0 bridgehead atoms. The molecule has 3 heteroatoms. The van der Waals surface area contributed by atoms with Crippen molar-refractivity contribution in [2.45, 2.75) is 22.6 Å². The molecule has 1 heterocycles. The smallest absolute Gasteiger partial charge is 0.118 e. The topological polar surface area (TPSA) is 21.3 Å². The van der Waals surface area contributed by atoms with E-state index in [4.69, 9.17) is 4.74 Å². The molecular weight excluding hydrogens is 326 g/mol. The molecule has 0 radical (unpaired) electrons. The van der Waals surface area contributed by atoms with Gasteiger partial charge in [0.15, 0.2) is 0 Å². The zero-order valence-electron chi connectivity index (χ0n) is 14.2. The van der Waals surface area contributed by atoms with Crippen LogP contribution in [0.3, 0.4) is 0 Å². The maximum atomic E-state index is 5.31. The predicted molar refractivity (Wildman–Crippen MR) is 105 cm³/mol. The summed E-state index contributed by atoms with van der Waals surface area (Å²) in [7, 11) is 1.71. The van der Waals surface area contributed by atoms with E-state index in [1.54, 1.807) is 7.11 Å². The number of benzene rings is 3. The molecule has 1 aliphatic heterocycles. The van der Waals surface area contributed by atoms with Crippen molar-refractivity contribution in [3.8, 4) is 5.75 Å². The average molecular weight is 347 g/mol. The summed E-state index contributed by atoms with van der Waals surface area (Å²) in [4.78, 5) is 1.31. The van der Waals surface area contributed by atoms with Crippen LogP contribution in [0.25, 0.3) is 0 Å². The molecule has 1 aliphatic rings. The van der Waals surface area contributed by atoms with Crippen LogP contribution in [-0.2, 0) is 0 Å². The van der Waals surface area contributed by atoms with E-state index in [1.807, 2.05) is 11.8 Å². The number of nitrogens with one attached hydrogen (secondary N) is 1. The van der Waals surface area contributed by atoms with Crippen molar-refractivity contribution in [3.63, 3.8) is 0 Å². The van der Waals surface area contributed by atoms with E-state index in [1.165, 1.54) is 21.7 Å². The first-order valence-corrected chi connectivity index (χ1v) is 9.42. The lowest BCUT2D eigenvalue weighted by Crippen LogP contribution is -2.11. The Bertz CT molecular complexity index is 832. The highest BCUT2D eigenvalue weighted by Gasteiger charge is 2.25. The van der Waals surface area contributed by atoms with Crippen molar-refractivity contribution >= 4 is 17.4 Å². The number of fused-ring (bicyclic) bond motifs is 1. The van der Waals surface area contributed by atoms with Gasteiger partial charge in [0.1, 0.15) is 5.75 Å². The Balaban J connectivity index is 1.71. The number of ether oxygens (including phenoxy) is 1. The first-order chi connectivity index (χ1) is 12.3. The third-order valence-corrected chi connectivity index (χ3v) is 5.98.